The van der Waals surface area contributed by atoms with Gasteiger partial charge in [-0.05, 0) is 0 Å². The molecule has 0 spiro atoms. The summed E-state index contributed by atoms with van der Waals surface area (Å²) in [4.78, 5) is 10.9. The molecular weight excluding hydrogens is 265 g/mol. The molecule has 1 unspecified atom stereocenters. The van der Waals surface area contributed by atoms with Gasteiger partial charge in [-0.2, -0.15) is 0 Å². The zero-order valence-corrected chi connectivity index (χ0v) is 9.87. The Morgan fingerprint density at radius 3 is 2.47 bits per heavy atom. The Bertz CT molecular complexity index is 371. The normalized spacial score (nSPS) is 30.3. The summed E-state index contributed by atoms with van der Waals surface area (Å²) in [6.07, 6.45) is 3.75. The van der Waals surface area contributed by atoms with Crippen LogP contribution in [-0.2, 0) is 8.53 Å². The molecule has 0 aliphatic heterocycles. The van der Waals surface area contributed by atoms with E-state index in [0.29, 0.717) is 0 Å². The molecule has 0 aromatic rings. The minimum atomic E-state index is -5.36. The van der Waals surface area contributed by atoms with Crippen molar-refractivity contribution in [2.75, 3.05) is 0 Å². The topological polar surface area (TPSA) is 107 Å². The van der Waals surface area contributed by atoms with Gasteiger partial charge in [-0.3, -0.25) is 0 Å². The molecule has 6 nitrogen and oxygen atoms in total. The second-order valence-corrected chi connectivity index (χ2v) is 7.07. The molecule has 0 bridgehead atoms. The number of hydrogen-bond acceptors (Lipinski definition) is 3. The summed E-state index contributed by atoms with van der Waals surface area (Å²) in [7, 11) is 0. The third-order valence-electron chi connectivity index (χ3n) is 2.06. The molecule has 0 aromatic carbocycles. The van der Waals surface area contributed by atoms with Crippen LogP contribution in [0, 0.1) is 0 Å². The van der Waals surface area contributed by atoms with Crippen LogP contribution < -0.4 is 5.32 Å². The quantitative estimate of drug-likeness (QED) is 0.447. The van der Waals surface area contributed by atoms with Gasteiger partial charge in [0, 0.05) is 0 Å². The third-order valence-corrected chi connectivity index (χ3v) is 5.19. The zero-order valence-electron chi connectivity index (χ0n) is 7.99. The number of rotatable bonds is 2. The van der Waals surface area contributed by atoms with Crippen LogP contribution >= 0.6 is 0 Å². The number of carbonyl (C=O) groups excluding carboxylic acids is 1. The first-order valence-electron chi connectivity index (χ1n) is 4.18. The molecule has 84 valence electrons. The van der Waals surface area contributed by atoms with Crippen molar-refractivity contribution in [3.05, 3.63) is 24.3 Å². The van der Waals surface area contributed by atoms with Gasteiger partial charge in [0.05, 0.1) is 0 Å². The fourth-order valence-electron chi connectivity index (χ4n) is 1.36. The molecule has 0 aromatic heterocycles. The van der Waals surface area contributed by atoms with Gasteiger partial charge in [-0.15, -0.1) is 0 Å². The SMILES string of the molecule is CC(=O)N[C@]1([As](=O)(O)O)C=CC=CC1O. The van der Waals surface area contributed by atoms with E-state index in [9.17, 15) is 21.8 Å². The summed E-state index contributed by atoms with van der Waals surface area (Å²) < 4.78 is 27.8. The van der Waals surface area contributed by atoms with E-state index in [4.69, 9.17) is 0 Å². The Balaban J connectivity index is 3.18. The van der Waals surface area contributed by atoms with Crippen molar-refractivity contribution in [1.82, 2.24) is 5.32 Å². The minimum absolute atomic E-state index is 0.612. The summed E-state index contributed by atoms with van der Waals surface area (Å²) in [6, 6.07) is 0. The van der Waals surface area contributed by atoms with Crippen LogP contribution in [0.5, 0.6) is 0 Å². The Kier molecular flexibility index (Phi) is 3.25. The van der Waals surface area contributed by atoms with Gasteiger partial charge in [0.25, 0.3) is 0 Å². The Labute approximate surface area is 89.3 Å². The van der Waals surface area contributed by atoms with Crippen LogP contribution in [0.2, 0.25) is 0 Å². The van der Waals surface area contributed by atoms with E-state index in [1.807, 2.05) is 0 Å². The Hall–Kier alpha value is -0.812. The molecule has 1 aliphatic rings. The molecule has 15 heavy (non-hydrogen) atoms. The summed E-state index contributed by atoms with van der Waals surface area (Å²) in [5, 5.41) is 11.7. The van der Waals surface area contributed by atoms with Crippen molar-refractivity contribution in [3.63, 3.8) is 0 Å². The van der Waals surface area contributed by atoms with Crippen LogP contribution in [0.4, 0.5) is 0 Å². The standard InChI is InChI=1S/C8H12AsNO5/c1-6(11)10-8(9(13,14)15)5-3-2-4-7(8)12/h2-5,7,12H,1H3,(H,10,11)(H2,13,14,15)/t7?,8-/m1/s1. The maximum atomic E-state index is 11.3. The molecule has 2 atom stereocenters. The van der Waals surface area contributed by atoms with E-state index in [-0.39, 0.29) is 0 Å². The fourth-order valence-corrected chi connectivity index (χ4v) is 3.48. The van der Waals surface area contributed by atoms with Crippen molar-refractivity contribution >= 4 is 20.1 Å². The number of aliphatic hydroxyl groups is 1. The van der Waals surface area contributed by atoms with Crippen LogP contribution in [-0.4, -0.2) is 43.8 Å². The average molecular weight is 277 g/mol. The number of aliphatic hydroxyl groups excluding tert-OH is 1. The van der Waals surface area contributed by atoms with Gasteiger partial charge < -0.3 is 0 Å². The average Bonchev–Trinajstić information content (AvgIpc) is 2.06. The molecule has 0 saturated carbocycles. The van der Waals surface area contributed by atoms with Gasteiger partial charge >= 0.3 is 88.9 Å². The van der Waals surface area contributed by atoms with Crippen molar-refractivity contribution in [2.45, 2.75) is 17.4 Å². The Morgan fingerprint density at radius 2 is 2.07 bits per heavy atom. The zero-order chi connectivity index (χ0) is 11.7. The van der Waals surface area contributed by atoms with E-state index >= 15 is 0 Å². The van der Waals surface area contributed by atoms with Crippen LogP contribution in [0.25, 0.3) is 0 Å². The summed E-state index contributed by atoms with van der Waals surface area (Å²) in [5.74, 6) is -0.612. The summed E-state index contributed by atoms with van der Waals surface area (Å²) >= 11 is -5.36. The molecule has 0 heterocycles. The number of allylic oxidation sites excluding steroid dienone is 2. The van der Waals surface area contributed by atoms with Gasteiger partial charge in [-0.25, -0.2) is 0 Å². The maximum absolute atomic E-state index is 11.3. The van der Waals surface area contributed by atoms with E-state index in [0.717, 1.165) is 13.0 Å². The second-order valence-electron chi connectivity index (χ2n) is 3.24. The molecule has 1 amide bonds. The van der Waals surface area contributed by atoms with Gasteiger partial charge in [0.15, 0.2) is 0 Å². The van der Waals surface area contributed by atoms with Crippen molar-refractivity contribution in [1.29, 1.82) is 0 Å². The van der Waals surface area contributed by atoms with Gasteiger partial charge in [0.1, 0.15) is 0 Å². The molecule has 0 radical (unpaired) electrons. The molecule has 7 heteroatoms. The molecule has 1 aliphatic carbocycles. The molecule has 4 N–H and O–H groups in total. The van der Waals surface area contributed by atoms with E-state index in [2.05, 4.69) is 5.32 Å². The second kappa shape index (κ2) is 3.98. The number of hydrogen-bond donors (Lipinski definition) is 4. The van der Waals surface area contributed by atoms with Crippen molar-refractivity contribution in [2.24, 2.45) is 0 Å². The first-order chi connectivity index (χ1) is 6.79. The van der Waals surface area contributed by atoms with Crippen LogP contribution in [0.3, 0.4) is 0 Å². The monoisotopic (exact) mass is 277 g/mol. The Morgan fingerprint density at radius 1 is 1.47 bits per heavy atom. The predicted molar refractivity (Wildman–Crippen MR) is 51.7 cm³/mol. The molecule has 1 rings (SSSR count). The van der Waals surface area contributed by atoms with Crippen molar-refractivity contribution < 1.29 is 21.8 Å². The van der Waals surface area contributed by atoms with Crippen LogP contribution in [0.1, 0.15) is 6.92 Å². The third kappa shape index (κ3) is 2.23. The van der Waals surface area contributed by atoms with E-state index in [1.165, 1.54) is 18.2 Å². The van der Waals surface area contributed by atoms with Gasteiger partial charge in [0.2, 0.25) is 0 Å². The van der Waals surface area contributed by atoms with Crippen molar-refractivity contribution in [3.8, 4) is 0 Å². The predicted octanol–water partition coefficient (Wildman–Crippen LogP) is -1.76. The number of nitrogens with one attached hydrogen (secondary N) is 1. The first-order valence-corrected chi connectivity index (χ1v) is 7.56. The summed E-state index contributed by atoms with van der Waals surface area (Å²) in [5.41, 5.74) is 0. The van der Waals surface area contributed by atoms with E-state index in [1.54, 1.807) is 0 Å². The molecule has 0 saturated heterocycles. The fraction of sp³-hybridized carbons (Fsp3) is 0.375. The molecule has 0 fully saturated rings. The summed E-state index contributed by atoms with van der Waals surface area (Å²) in [6.45, 7) is 1.13. The number of amides is 1. The first kappa shape index (κ1) is 12.3. The number of carbonyl (C=O) groups is 1. The van der Waals surface area contributed by atoms with Gasteiger partial charge in [-0.1, -0.05) is 0 Å². The van der Waals surface area contributed by atoms with Crippen LogP contribution in [0.15, 0.2) is 24.3 Å². The van der Waals surface area contributed by atoms with E-state index < -0.39 is 30.5 Å². The molecular formula is C8H12AsNO5.